The Morgan fingerprint density at radius 3 is 2.92 bits per heavy atom. The second-order valence-corrected chi connectivity index (χ2v) is 2.18. The van der Waals surface area contributed by atoms with E-state index in [9.17, 15) is 9.59 Å². The highest BCUT2D eigenvalue weighted by Crippen LogP contribution is 2.14. The van der Waals surface area contributed by atoms with E-state index in [0.717, 1.165) is 0 Å². The van der Waals surface area contributed by atoms with Crippen molar-refractivity contribution in [2.75, 3.05) is 12.4 Å². The van der Waals surface area contributed by atoms with E-state index in [2.05, 4.69) is 15.0 Å². The average molecular weight is 184 g/mol. The van der Waals surface area contributed by atoms with Gasteiger partial charge in [0.2, 0.25) is 5.88 Å². The quantitative estimate of drug-likeness (QED) is 0.692. The maximum atomic E-state index is 10.7. The molecule has 0 aliphatic carbocycles. The van der Waals surface area contributed by atoms with Gasteiger partial charge in [-0.15, -0.1) is 0 Å². The van der Waals surface area contributed by atoms with Crippen molar-refractivity contribution in [2.45, 2.75) is 6.92 Å². The molecule has 0 saturated heterocycles. The van der Waals surface area contributed by atoms with Crippen molar-refractivity contribution in [3.63, 3.8) is 0 Å². The summed E-state index contributed by atoms with van der Waals surface area (Å²) in [6.45, 7) is 1.56. The number of rotatable bonds is 2. The van der Waals surface area contributed by atoms with Crippen LogP contribution in [0.4, 0.5) is 10.7 Å². The topological polar surface area (TPSA) is 81.4 Å². The first kappa shape index (κ1) is 9.24. The number of aldehydes is 1. The molecule has 0 unspecified atom stereocenters. The first-order valence-electron chi connectivity index (χ1n) is 3.45. The smallest absolute Gasteiger partial charge is 0.413 e. The van der Waals surface area contributed by atoms with Crippen LogP contribution in [0.1, 0.15) is 16.4 Å². The van der Waals surface area contributed by atoms with E-state index in [1.165, 1.54) is 7.11 Å². The molecule has 1 heterocycles. The maximum absolute atomic E-state index is 10.7. The fourth-order valence-corrected chi connectivity index (χ4v) is 0.756. The van der Waals surface area contributed by atoms with E-state index in [1.807, 2.05) is 0 Å². The summed E-state index contributed by atoms with van der Waals surface area (Å²) >= 11 is 0. The zero-order valence-electron chi connectivity index (χ0n) is 7.16. The lowest BCUT2D eigenvalue weighted by Crippen LogP contribution is -2.11. The van der Waals surface area contributed by atoms with Gasteiger partial charge in [-0.3, -0.25) is 10.1 Å². The monoisotopic (exact) mass is 184 g/mol. The molecule has 0 aliphatic rings. The minimum Gasteiger partial charge on any atom is -0.453 e. The van der Waals surface area contributed by atoms with Gasteiger partial charge in [-0.1, -0.05) is 0 Å². The second kappa shape index (κ2) is 3.70. The number of amides is 1. The maximum Gasteiger partial charge on any atom is 0.413 e. The molecule has 1 aromatic rings. The fourth-order valence-electron chi connectivity index (χ4n) is 0.756. The molecular weight excluding hydrogens is 176 g/mol. The predicted molar refractivity (Wildman–Crippen MR) is 42.7 cm³/mol. The SMILES string of the molecule is COC(=O)Nc1oc(C)nc1C=O. The Balaban J connectivity index is 2.86. The summed E-state index contributed by atoms with van der Waals surface area (Å²) < 4.78 is 9.23. The molecule has 6 heteroatoms. The van der Waals surface area contributed by atoms with Gasteiger partial charge in [-0.25, -0.2) is 9.78 Å². The molecule has 6 nitrogen and oxygen atoms in total. The van der Waals surface area contributed by atoms with Gasteiger partial charge in [0.25, 0.3) is 0 Å². The number of nitrogens with one attached hydrogen (secondary N) is 1. The van der Waals surface area contributed by atoms with Crippen molar-refractivity contribution in [3.05, 3.63) is 11.6 Å². The number of aromatic nitrogens is 1. The van der Waals surface area contributed by atoms with Crippen LogP contribution in [-0.2, 0) is 4.74 Å². The number of nitrogens with zero attached hydrogens (tertiary/aromatic N) is 1. The van der Waals surface area contributed by atoms with Gasteiger partial charge in [0.15, 0.2) is 17.9 Å². The van der Waals surface area contributed by atoms with Gasteiger partial charge in [0, 0.05) is 6.92 Å². The van der Waals surface area contributed by atoms with Crippen LogP contribution in [0.25, 0.3) is 0 Å². The van der Waals surface area contributed by atoms with Crippen molar-refractivity contribution in [2.24, 2.45) is 0 Å². The van der Waals surface area contributed by atoms with Gasteiger partial charge in [0.05, 0.1) is 7.11 Å². The van der Waals surface area contributed by atoms with Gasteiger partial charge < -0.3 is 9.15 Å². The Bertz CT molecular complexity index is 331. The number of hydrogen-bond acceptors (Lipinski definition) is 5. The number of methoxy groups -OCH3 is 1. The fraction of sp³-hybridized carbons (Fsp3) is 0.286. The largest absolute Gasteiger partial charge is 0.453 e. The third-order valence-electron chi connectivity index (χ3n) is 1.27. The molecule has 0 radical (unpaired) electrons. The highest BCUT2D eigenvalue weighted by molar-refractivity contribution is 5.89. The molecule has 1 amide bonds. The van der Waals surface area contributed by atoms with Crippen LogP contribution >= 0.6 is 0 Å². The van der Waals surface area contributed by atoms with Gasteiger partial charge >= 0.3 is 6.09 Å². The number of hydrogen-bond donors (Lipinski definition) is 1. The number of carbonyl (C=O) groups excluding carboxylic acids is 2. The average Bonchev–Trinajstić information content (AvgIpc) is 2.46. The second-order valence-electron chi connectivity index (χ2n) is 2.18. The first-order valence-corrected chi connectivity index (χ1v) is 3.45. The molecule has 13 heavy (non-hydrogen) atoms. The summed E-state index contributed by atoms with van der Waals surface area (Å²) in [7, 11) is 1.21. The molecule has 0 aromatic carbocycles. The lowest BCUT2D eigenvalue weighted by Gasteiger charge is -1.97. The molecule has 1 N–H and O–H groups in total. The minimum atomic E-state index is -0.709. The molecule has 0 fully saturated rings. The number of anilines is 1. The van der Waals surface area contributed by atoms with Crippen LogP contribution in [0.5, 0.6) is 0 Å². The third kappa shape index (κ3) is 2.05. The Kier molecular flexibility index (Phi) is 2.63. The van der Waals surface area contributed by atoms with Crippen LogP contribution in [-0.4, -0.2) is 24.5 Å². The summed E-state index contributed by atoms with van der Waals surface area (Å²) in [5, 5.41) is 2.21. The zero-order valence-corrected chi connectivity index (χ0v) is 7.16. The van der Waals surface area contributed by atoms with E-state index < -0.39 is 6.09 Å². The summed E-state index contributed by atoms with van der Waals surface area (Å²) in [5.74, 6) is 0.299. The minimum absolute atomic E-state index is 0.000602. The molecule has 70 valence electrons. The van der Waals surface area contributed by atoms with Crippen LogP contribution in [0, 0.1) is 6.92 Å². The van der Waals surface area contributed by atoms with Crippen LogP contribution in [0.3, 0.4) is 0 Å². The van der Waals surface area contributed by atoms with E-state index in [4.69, 9.17) is 4.42 Å². The standard InChI is InChI=1S/C7H8N2O4/c1-4-8-5(3-10)6(13-4)9-7(11)12-2/h3H,1-2H3,(H,9,11). The van der Waals surface area contributed by atoms with E-state index >= 15 is 0 Å². The molecule has 1 aromatic heterocycles. The number of oxazole rings is 1. The summed E-state index contributed by atoms with van der Waals surface area (Å²) in [4.78, 5) is 24.8. The number of aryl methyl sites for hydroxylation is 1. The normalized spacial score (nSPS) is 9.38. The van der Waals surface area contributed by atoms with Gasteiger partial charge in [-0.05, 0) is 0 Å². The summed E-state index contributed by atoms with van der Waals surface area (Å²) in [6, 6.07) is 0. The third-order valence-corrected chi connectivity index (χ3v) is 1.27. The molecule has 1 rings (SSSR count). The Hall–Kier alpha value is -1.85. The Morgan fingerprint density at radius 1 is 1.69 bits per heavy atom. The van der Waals surface area contributed by atoms with Crippen molar-refractivity contribution < 1.29 is 18.7 Å². The summed E-state index contributed by atoms with van der Waals surface area (Å²) in [5.41, 5.74) is 0.0444. The molecule has 0 bridgehead atoms. The Labute approximate surface area is 73.9 Å². The highest BCUT2D eigenvalue weighted by Gasteiger charge is 2.12. The molecule has 0 atom stereocenters. The van der Waals surface area contributed by atoms with E-state index in [1.54, 1.807) is 6.92 Å². The highest BCUT2D eigenvalue weighted by atomic mass is 16.5. The predicted octanol–water partition coefficient (Wildman–Crippen LogP) is 0.974. The lowest BCUT2D eigenvalue weighted by atomic mass is 10.5. The number of carbonyl (C=O) groups is 2. The first-order chi connectivity index (χ1) is 6.17. The van der Waals surface area contributed by atoms with Gasteiger partial charge in [-0.2, -0.15) is 0 Å². The lowest BCUT2D eigenvalue weighted by molar-refractivity contribution is 0.112. The Morgan fingerprint density at radius 2 is 2.38 bits per heavy atom. The zero-order chi connectivity index (χ0) is 9.84. The molecule has 0 aliphatic heterocycles. The van der Waals surface area contributed by atoms with Crippen molar-refractivity contribution in [1.29, 1.82) is 0 Å². The van der Waals surface area contributed by atoms with Crippen LogP contribution in [0.15, 0.2) is 4.42 Å². The van der Waals surface area contributed by atoms with Gasteiger partial charge in [0.1, 0.15) is 0 Å². The van der Waals surface area contributed by atoms with Crippen LogP contribution < -0.4 is 5.32 Å². The van der Waals surface area contributed by atoms with Crippen LogP contribution in [0.2, 0.25) is 0 Å². The van der Waals surface area contributed by atoms with Crippen molar-refractivity contribution >= 4 is 18.3 Å². The van der Waals surface area contributed by atoms with E-state index in [0.29, 0.717) is 12.2 Å². The molecule has 0 saturated carbocycles. The van der Waals surface area contributed by atoms with Crippen molar-refractivity contribution in [3.8, 4) is 0 Å². The molecular formula is C7H8N2O4. The molecule has 0 spiro atoms. The van der Waals surface area contributed by atoms with Crippen molar-refractivity contribution in [1.82, 2.24) is 4.98 Å². The number of ether oxygens (including phenoxy) is 1. The van der Waals surface area contributed by atoms with E-state index in [-0.39, 0.29) is 11.6 Å². The summed E-state index contributed by atoms with van der Waals surface area (Å²) in [6.07, 6.45) is -0.221.